The van der Waals surface area contributed by atoms with E-state index in [9.17, 15) is 9.18 Å². The Balaban J connectivity index is 1.57. The van der Waals surface area contributed by atoms with E-state index in [1.165, 1.54) is 10.7 Å². The molecule has 1 aromatic carbocycles. The Bertz CT molecular complexity index is 805. The monoisotopic (exact) mass is 374 g/mol. The Kier molecular flexibility index (Phi) is 5.43. The maximum absolute atomic E-state index is 14.1. The number of nitrogens with zero attached hydrogens (tertiary/aromatic N) is 5. The Labute approximate surface area is 158 Å². The highest BCUT2D eigenvalue weighted by Gasteiger charge is 2.30. The maximum Gasteiger partial charge on any atom is 0.227 e. The molecule has 7 nitrogen and oxygen atoms in total. The summed E-state index contributed by atoms with van der Waals surface area (Å²) in [7, 11) is 0. The Hall–Kier alpha value is -2.51. The fourth-order valence-electron chi connectivity index (χ4n) is 3.32. The average Bonchev–Trinajstić information content (AvgIpc) is 3.06. The molecule has 2 aromatic rings. The molecule has 8 heteroatoms. The molecule has 0 atom stereocenters. The van der Waals surface area contributed by atoms with Gasteiger partial charge in [0.15, 0.2) is 5.82 Å². The molecule has 1 saturated heterocycles. The first-order valence-corrected chi connectivity index (χ1v) is 9.34. The molecule has 0 radical (unpaired) electrons. The molecular formula is C19H27FN6O. The minimum absolute atomic E-state index is 0.217. The molecule has 1 aliphatic rings. The Morgan fingerprint density at radius 1 is 1.30 bits per heavy atom. The van der Waals surface area contributed by atoms with E-state index < -0.39 is 0 Å². The van der Waals surface area contributed by atoms with Crippen LogP contribution in [0.2, 0.25) is 0 Å². The van der Waals surface area contributed by atoms with Gasteiger partial charge in [-0.1, -0.05) is 20.8 Å². The van der Waals surface area contributed by atoms with Crippen molar-refractivity contribution in [2.24, 2.45) is 11.3 Å². The van der Waals surface area contributed by atoms with Crippen molar-refractivity contribution in [3.05, 3.63) is 29.8 Å². The molecule has 0 aliphatic carbocycles. The van der Waals surface area contributed by atoms with E-state index >= 15 is 0 Å². The van der Waals surface area contributed by atoms with Crippen LogP contribution in [0, 0.1) is 24.1 Å². The van der Waals surface area contributed by atoms with Crippen molar-refractivity contribution < 1.29 is 9.18 Å². The third-order valence-electron chi connectivity index (χ3n) is 4.94. The number of hydrogen-bond donors (Lipinski definition) is 1. The number of benzene rings is 1. The first kappa shape index (κ1) is 19.3. The van der Waals surface area contributed by atoms with Crippen molar-refractivity contribution in [2.45, 2.75) is 40.5 Å². The molecule has 146 valence electrons. The van der Waals surface area contributed by atoms with E-state index in [-0.39, 0.29) is 17.1 Å². The third kappa shape index (κ3) is 4.43. The number of tetrazole rings is 1. The van der Waals surface area contributed by atoms with Crippen LogP contribution in [-0.2, 0) is 4.79 Å². The maximum atomic E-state index is 14.1. The van der Waals surface area contributed by atoms with Crippen molar-refractivity contribution in [3.63, 3.8) is 0 Å². The van der Waals surface area contributed by atoms with E-state index in [1.807, 2.05) is 25.7 Å². The van der Waals surface area contributed by atoms with E-state index in [1.54, 1.807) is 19.1 Å². The van der Waals surface area contributed by atoms with Crippen LogP contribution in [0.1, 0.15) is 39.4 Å². The van der Waals surface area contributed by atoms with E-state index in [4.69, 9.17) is 0 Å². The zero-order chi connectivity index (χ0) is 19.6. The number of amides is 1. The smallest absolute Gasteiger partial charge is 0.227 e. The lowest BCUT2D eigenvalue weighted by Gasteiger charge is -2.35. The third-order valence-corrected chi connectivity index (χ3v) is 4.94. The fraction of sp³-hybridized carbons (Fsp3) is 0.579. The van der Waals surface area contributed by atoms with Gasteiger partial charge in [-0.25, -0.2) is 4.39 Å². The van der Waals surface area contributed by atoms with Crippen LogP contribution >= 0.6 is 0 Å². The summed E-state index contributed by atoms with van der Waals surface area (Å²) in [6, 6.07) is 4.86. The molecule has 0 spiro atoms. The number of aryl methyl sites for hydroxylation is 1. The number of carbonyl (C=O) groups is 1. The number of rotatable bonds is 4. The molecule has 0 bridgehead atoms. The lowest BCUT2D eigenvalue weighted by atomic mass is 9.91. The van der Waals surface area contributed by atoms with Crippen LogP contribution in [0.3, 0.4) is 0 Å². The second-order valence-corrected chi connectivity index (χ2v) is 8.17. The van der Waals surface area contributed by atoms with Gasteiger partial charge in [0.25, 0.3) is 0 Å². The molecular weight excluding hydrogens is 347 g/mol. The summed E-state index contributed by atoms with van der Waals surface area (Å²) in [6.07, 6.45) is 1.93. The molecule has 1 fully saturated rings. The normalized spacial score (nSPS) is 15.8. The highest BCUT2D eigenvalue weighted by molar-refractivity contribution is 5.81. The van der Waals surface area contributed by atoms with E-state index in [2.05, 4.69) is 20.8 Å². The summed E-state index contributed by atoms with van der Waals surface area (Å²) in [4.78, 5) is 14.3. The molecule has 3 rings (SSSR count). The predicted octanol–water partition coefficient (Wildman–Crippen LogP) is 2.81. The number of hydrogen-bond acceptors (Lipinski definition) is 5. The van der Waals surface area contributed by atoms with Crippen LogP contribution in [0.25, 0.3) is 5.69 Å². The van der Waals surface area contributed by atoms with Crippen LogP contribution in [-0.4, -0.2) is 50.6 Å². The van der Waals surface area contributed by atoms with Crippen LogP contribution in [0.4, 0.5) is 10.1 Å². The standard InChI is InChI=1S/C19H27FN6O/c1-13-22-23-24-26(13)17-11-15(5-6-16(17)20)21-12-14-7-9-25(10-8-14)18(27)19(2,3)4/h5-6,11,14,21H,7-10,12H2,1-4H3. The van der Waals surface area contributed by atoms with Gasteiger partial charge < -0.3 is 10.2 Å². The molecule has 0 saturated carbocycles. The molecule has 27 heavy (non-hydrogen) atoms. The van der Waals surface area contributed by atoms with Crippen molar-refractivity contribution in [1.82, 2.24) is 25.1 Å². The second kappa shape index (κ2) is 7.62. The highest BCUT2D eigenvalue weighted by atomic mass is 19.1. The lowest BCUT2D eigenvalue weighted by Crippen LogP contribution is -2.44. The number of carbonyl (C=O) groups excluding carboxylic acids is 1. The van der Waals surface area contributed by atoms with Gasteiger partial charge in [-0.2, -0.15) is 4.68 Å². The largest absolute Gasteiger partial charge is 0.385 e. The molecule has 1 amide bonds. The second-order valence-electron chi connectivity index (χ2n) is 8.17. The molecule has 0 unspecified atom stereocenters. The molecule has 2 heterocycles. The lowest BCUT2D eigenvalue weighted by molar-refractivity contribution is -0.140. The first-order chi connectivity index (χ1) is 12.8. The number of anilines is 1. The van der Waals surface area contributed by atoms with Crippen molar-refractivity contribution in [2.75, 3.05) is 25.0 Å². The Morgan fingerprint density at radius 2 is 2.00 bits per heavy atom. The SMILES string of the molecule is Cc1nnnn1-c1cc(NCC2CCN(C(=O)C(C)(C)C)CC2)ccc1F. The highest BCUT2D eigenvalue weighted by Crippen LogP contribution is 2.25. The summed E-state index contributed by atoms with van der Waals surface area (Å²) in [6.45, 7) is 9.98. The quantitative estimate of drug-likeness (QED) is 0.891. The van der Waals surface area contributed by atoms with Gasteiger partial charge in [0.2, 0.25) is 5.91 Å². The van der Waals surface area contributed by atoms with Gasteiger partial charge in [-0.15, -0.1) is 5.10 Å². The summed E-state index contributed by atoms with van der Waals surface area (Å²) in [5.41, 5.74) is 0.826. The minimum Gasteiger partial charge on any atom is -0.385 e. The summed E-state index contributed by atoms with van der Waals surface area (Å²) in [5, 5.41) is 14.6. The predicted molar refractivity (Wildman–Crippen MR) is 101 cm³/mol. The zero-order valence-corrected chi connectivity index (χ0v) is 16.4. The summed E-state index contributed by atoms with van der Waals surface area (Å²) in [5.74, 6) is 0.859. The summed E-state index contributed by atoms with van der Waals surface area (Å²) >= 11 is 0. The van der Waals surface area contributed by atoms with E-state index in [0.29, 0.717) is 17.4 Å². The van der Waals surface area contributed by atoms with Crippen molar-refractivity contribution in [3.8, 4) is 5.69 Å². The van der Waals surface area contributed by atoms with Gasteiger partial charge in [0, 0.05) is 30.7 Å². The molecule has 1 aliphatic heterocycles. The first-order valence-electron chi connectivity index (χ1n) is 9.34. The average molecular weight is 374 g/mol. The van der Waals surface area contributed by atoms with Gasteiger partial charge in [-0.3, -0.25) is 4.79 Å². The number of aromatic nitrogens is 4. The topological polar surface area (TPSA) is 75.9 Å². The number of piperidine rings is 1. The van der Waals surface area contributed by atoms with E-state index in [0.717, 1.165) is 38.2 Å². The van der Waals surface area contributed by atoms with Crippen LogP contribution < -0.4 is 5.32 Å². The van der Waals surface area contributed by atoms with Gasteiger partial charge in [0.05, 0.1) is 0 Å². The molecule has 1 N–H and O–H groups in total. The number of halogens is 1. The molecule has 1 aromatic heterocycles. The Morgan fingerprint density at radius 3 is 2.59 bits per heavy atom. The van der Waals surface area contributed by atoms with Gasteiger partial charge >= 0.3 is 0 Å². The zero-order valence-electron chi connectivity index (χ0n) is 16.4. The van der Waals surface area contributed by atoms with Gasteiger partial charge in [-0.05, 0) is 54.3 Å². The van der Waals surface area contributed by atoms with Crippen molar-refractivity contribution in [1.29, 1.82) is 0 Å². The number of nitrogens with one attached hydrogen (secondary N) is 1. The van der Waals surface area contributed by atoms with Crippen LogP contribution in [0.5, 0.6) is 0 Å². The fourth-order valence-corrected chi connectivity index (χ4v) is 3.32. The summed E-state index contributed by atoms with van der Waals surface area (Å²) < 4.78 is 15.5. The van der Waals surface area contributed by atoms with Gasteiger partial charge in [0.1, 0.15) is 11.5 Å². The van der Waals surface area contributed by atoms with Crippen LogP contribution in [0.15, 0.2) is 18.2 Å². The number of likely N-dealkylation sites (tertiary alicyclic amines) is 1. The van der Waals surface area contributed by atoms with Crippen molar-refractivity contribution >= 4 is 11.6 Å². The minimum atomic E-state index is -0.370.